The van der Waals surface area contributed by atoms with Crippen molar-refractivity contribution >= 4 is 5.91 Å². The first-order valence-corrected chi connectivity index (χ1v) is 8.72. The number of aromatic nitrogens is 1. The average Bonchev–Trinajstić information content (AvgIpc) is 3.42. The van der Waals surface area contributed by atoms with Gasteiger partial charge in [0.15, 0.2) is 0 Å². The molecule has 1 unspecified atom stereocenters. The summed E-state index contributed by atoms with van der Waals surface area (Å²) in [6, 6.07) is 12.1. The Morgan fingerprint density at radius 1 is 1.17 bits per heavy atom. The number of pyridine rings is 1. The first-order valence-electron chi connectivity index (χ1n) is 8.72. The van der Waals surface area contributed by atoms with Crippen LogP contribution in [0.5, 0.6) is 0 Å². The zero-order valence-corrected chi connectivity index (χ0v) is 13.9. The first kappa shape index (κ1) is 15.2. The SMILES string of the molecule is Cn1ccc(C(=O)N(C2CC2)C2CCCc3ccccc32)cc1=O. The summed E-state index contributed by atoms with van der Waals surface area (Å²) in [4.78, 5) is 27.1. The van der Waals surface area contributed by atoms with Gasteiger partial charge >= 0.3 is 0 Å². The van der Waals surface area contributed by atoms with E-state index in [2.05, 4.69) is 24.3 Å². The van der Waals surface area contributed by atoms with Gasteiger partial charge in [-0.3, -0.25) is 9.59 Å². The van der Waals surface area contributed by atoms with Gasteiger partial charge in [0.1, 0.15) is 0 Å². The van der Waals surface area contributed by atoms with E-state index in [4.69, 9.17) is 0 Å². The summed E-state index contributed by atoms with van der Waals surface area (Å²) in [5.74, 6) is -0.00287. The van der Waals surface area contributed by atoms with Crippen molar-refractivity contribution in [2.75, 3.05) is 0 Å². The molecule has 0 saturated heterocycles. The van der Waals surface area contributed by atoms with Crippen molar-refractivity contribution in [2.24, 2.45) is 7.05 Å². The Morgan fingerprint density at radius 2 is 1.96 bits per heavy atom. The zero-order valence-electron chi connectivity index (χ0n) is 13.9. The molecule has 0 bridgehead atoms. The second-order valence-electron chi connectivity index (χ2n) is 6.91. The maximum Gasteiger partial charge on any atom is 0.254 e. The third-order valence-electron chi connectivity index (χ3n) is 5.20. The van der Waals surface area contributed by atoms with E-state index in [1.54, 1.807) is 19.3 Å². The Kier molecular flexibility index (Phi) is 3.75. The summed E-state index contributed by atoms with van der Waals surface area (Å²) < 4.78 is 1.49. The first-order chi connectivity index (χ1) is 11.6. The number of hydrogen-bond donors (Lipinski definition) is 0. The van der Waals surface area contributed by atoms with Crippen LogP contribution in [0, 0.1) is 0 Å². The van der Waals surface area contributed by atoms with E-state index in [0.29, 0.717) is 11.6 Å². The van der Waals surface area contributed by atoms with Gasteiger partial charge in [-0.1, -0.05) is 24.3 Å². The van der Waals surface area contributed by atoms with Crippen LogP contribution in [-0.2, 0) is 13.5 Å². The number of rotatable bonds is 3. The molecule has 24 heavy (non-hydrogen) atoms. The largest absolute Gasteiger partial charge is 0.329 e. The van der Waals surface area contributed by atoms with E-state index in [1.165, 1.54) is 21.8 Å². The van der Waals surface area contributed by atoms with Crippen LogP contribution in [0.25, 0.3) is 0 Å². The second kappa shape index (κ2) is 5.93. The van der Waals surface area contributed by atoms with Gasteiger partial charge in [0.2, 0.25) is 0 Å². The maximum absolute atomic E-state index is 13.2. The lowest BCUT2D eigenvalue weighted by molar-refractivity contribution is 0.0637. The van der Waals surface area contributed by atoms with Gasteiger partial charge < -0.3 is 9.47 Å². The fourth-order valence-corrected chi connectivity index (χ4v) is 3.76. The third-order valence-corrected chi connectivity index (χ3v) is 5.20. The highest BCUT2D eigenvalue weighted by molar-refractivity contribution is 5.94. The Morgan fingerprint density at radius 3 is 2.71 bits per heavy atom. The highest BCUT2D eigenvalue weighted by Crippen LogP contribution is 2.41. The van der Waals surface area contributed by atoms with Crippen LogP contribution in [0.4, 0.5) is 0 Å². The molecule has 1 atom stereocenters. The van der Waals surface area contributed by atoms with Gasteiger partial charge in [-0.2, -0.15) is 0 Å². The van der Waals surface area contributed by atoms with Gasteiger partial charge in [-0.15, -0.1) is 0 Å². The molecule has 2 aliphatic carbocycles. The van der Waals surface area contributed by atoms with Crippen molar-refractivity contribution in [1.82, 2.24) is 9.47 Å². The molecule has 1 fully saturated rings. The molecule has 0 N–H and O–H groups in total. The lowest BCUT2D eigenvalue weighted by atomic mass is 9.86. The molecular weight excluding hydrogens is 300 g/mol. The lowest BCUT2D eigenvalue weighted by Gasteiger charge is -2.36. The van der Waals surface area contributed by atoms with Crippen molar-refractivity contribution in [1.29, 1.82) is 0 Å². The van der Waals surface area contributed by atoms with Crippen molar-refractivity contribution in [3.05, 3.63) is 69.6 Å². The van der Waals surface area contributed by atoms with Gasteiger partial charge in [0.05, 0.1) is 6.04 Å². The van der Waals surface area contributed by atoms with Crippen LogP contribution < -0.4 is 5.56 Å². The van der Waals surface area contributed by atoms with E-state index in [1.807, 2.05) is 4.90 Å². The Labute approximate surface area is 141 Å². The topological polar surface area (TPSA) is 42.3 Å². The molecule has 4 nitrogen and oxygen atoms in total. The third kappa shape index (κ3) is 2.66. The van der Waals surface area contributed by atoms with Crippen LogP contribution in [0.2, 0.25) is 0 Å². The van der Waals surface area contributed by atoms with Crippen molar-refractivity contribution in [3.8, 4) is 0 Å². The fraction of sp³-hybridized carbons (Fsp3) is 0.400. The van der Waals surface area contributed by atoms with Crippen LogP contribution in [-0.4, -0.2) is 21.4 Å². The number of nitrogens with zero attached hydrogens (tertiary/aromatic N) is 2. The number of benzene rings is 1. The normalized spacial score (nSPS) is 19.6. The summed E-state index contributed by atoms with van der Waals surface area (Å²) >= 11 is 0. The van der Waals surface area contributed by atoms with E-state index in [0.717, 1.165) is 32.1 Å². The molecule has 2 aliphatic rings. The van der Waals surface area contributed by atoms with Gasteiger partial charge in [0, 0.05) is 30.9 Å². The smallest absolute Gasteiger partial charge is 0.254 e. The van der Waals surface area contributed by atoms with E-state index >= 15 is 0 Å². The molecule has 0 radical (unpaired) electrons. The standard InChI is InChI=1S/C20H22N2O2/c1-21-12-11-15(13-19(21)23)20(24)22(16-9-10-16)18-8-4-6-14-5-2-3-7-17(14)18/h2-3,5,7,11-13,16,18H,4,6,8-10H2,1H3. The number of amides is 1. The lowest BCUT2D eigenvalue weighted by Crippen LogP contribution is -2.39. The van der Waals surface area contributed by atoms with E-state index in [9.17, 15) is 9.59 Å². The minimum Gasteiger partial charge on any atom is -0.329 e. The molecule has 1 aromatic heterocycles. The molecule has 1 saturated carbocycles. The minimum atomic E-state index is -0.138. The Balaban J connectivity index is 1.72. The summed E-state index contributed by atoms with van der Waals surface area (Å²) in [7, 11) is 1.70. The number of carbonyl (C=O) groups is 1. The van der Waals surface area contributed by atoms with Crippen LogP contribution in [0.3, 0.4) is 0 Å². The van der Waals surface area contributed by atoms with Crippen molar-refractivity contribution in [2.45, 2.75) is 44.2 Å². The van der Waals surface area contributed by atoms with E-state index < -0.39 is 0 Å². The Hall–Kier alpha value is -2.36. The van der Waals surface area contributed by atoms with Crippen LogP contribution in [0.1, 0.15) is 53.2 Å². The molecule has 1 aromatic carbocycles. The zero-order chi connectivity index (χ0) is 16.7. The molecule has 124 valence electrons. The van der Waals surface area contributed by atoms with Crippen LogP contribution >= 0.6 is 0 Å². The maximum atomic E-state index is 13.2. The number of carbonyl (C=O) groups excluding carboxylic acids is 1. The summed E-state index contributed by atoms with van der Waals surface area (Å²) in [6.07, 6.45) is 7.00. The number of fused-ring (bicyclic) bond motifs is 1. The molecule has 0 aliphatic heterocycles. The number of aryl methyl sites for hydroxylation is 2. The highest BCUT2D eigenvalue weighted by atomic mass is 16.2. The summed E-state index contributed by atoms with van der Waals surface area (Å²) in [5, 5.41) is 0. The monoisotopic (exact) mass is 322 g/mol. The highest BCUT2D eigenvalue weighted by Gasteiger charge is 2.39. The summed E-state index contributed by atoms with van der Waals surface area (Å²) in [6.45, 7) is 0. The number of hydrogen-bond acceptors (Lipinski definition) is 2. The second-order valence-corrected chi connectivity index (χ2v) is 6.91. The van der Waals surface area contributed by atoms with Gasteiger partial charge in [-0.25, -0.2) is 0 Å². The molecule has 4 heteroatoms. The van der Waals surface area contributed by atoms with Gasteiger partial charge in [0.25, 0.3) is 11.5 Å². The quantitative estimate of drug-likeness (QED) is 0.871. The van der Waals surface area contributed by atoms with Crippen molar-refractivity contribution < 1.29 is 4.79 Å². The molecule has 2 aromatic rings. The molecule has 1 heterocycles. The fourth-order valence-electron chi connectivity index (χ4n) is 3.76. The summed E-state index contributed by atoms with van der Waals surface area (Å²) in [5.41, 5.74) is 3.01. The Bertz CT molecular complexity index is 836. The predicted molar refractivity (Wildman–Crippen MR) is 93.0 cm³/mol. The van der Waals surface area contributed by atoms with Crippen LogP contribution in [0.15, 0.2) is 47.4 Å². The predicted octanol–water partition coefficient (Wildman–Crippen LogP) is 3.07. The van der Waals surface area contributed by atoms with E-state index in [-0.39, 0.29) is 17.5 Å². The molecule has 0 spiro atoms. The molecular formula is C20H22N2O2. The van der Waals surface area contributed by atoms with Gasteiger partial charge in [-0.05, 0) is 49.3 Å². The van der Waals surface area contributed by atoms with Crippen molar-refractivity contribution in [3.63, 3.8) is 0 Å². The minimum absolute atomic E-state index is 0.00287. The molecule has 4 rings (SSSR count). The average molecular weight is 322 g/mol. The molecule has 1 amide bonds.